The molecule has 0 aromatic carbocycles. The summed E-state index contributed by atoms with van der Waals surface area (Å²) in [6.45, 7) is 0. The molecule has 0 aliphatic heterocycles. The highest BCUT2D eigenvalue weighted by molar-refractivity contribution is 9.10. The molecule has 0 amide bonds. The van der Waals surface area contributed by atoms with Crippen molar-refractivity contribution in [2.45, 2.75) is 0 Å². The Kier molecular flexibility index (Phi) is 3.35. The van der Waals surface area contributed by atoms with Crippen molar-refractivity contribution < 1.29 is 4.74 Å². The predicted octanol–water partition coefficient (Wildman–Crippen LogP) is 2.41. The quantitative estimate of drug-likeness (QED) is 0.943. The molecule has 1 N–H and O–H groups in total. The summed E-state index contributed by atoms with van der Waals surface area (Å²) in [5.41, 5.74) is 0. The molecule has 0 atom stereocenters. The van der Waals surface area contributed by atoms with Gasteiger partial charge in [0.25, 0.3) is 0 Å². The van der Waals surface area contributed by atoms with E-state index >= 15 is 0 Å². The predicted molar refractivity (Wildman–Crippen MR) is 66.9 cm³/mol. The normalized spacial score (nSPS) is 10.2. The van der Waals surface area contributed by atoms with Crippen LogP contribution < -0.4 is 10.1 Å². The first-order valence-electron chi connectivity index (χ1n) is 4.45. The third-order valence-corrected chi connectivity index (χ3v) is 3.67. The van der Waals surface area contributed by atoms with Gasteiger partial charge >= 0.3 is 6.01 Å². The van der Waals surface area contributed by atoms with Gasteiger partial charge in [0, 0.05) is 11.5 Å². The number of nitrogens with zero attached hydrogens (tertiary/aromatic N) is 3. The third kappa shape index (κ3) is 2.14. The van der Waals surface area contributed by atoms with E-state index in [9.17, 15) is 0 Å². The van der Waals surface area contributed by atoms with Crippen molar-refractivity contribution in [3.8, 4) is 16.7 Å². The van der Waals surface area contributed by atoms with Gasteiger partial charge in [0.2, 0.25) is 5.95 Å². The number of ether oxygens (including phenoxy) is 1. The van der Waals surface area contributed by atoms with E-state index in [1.165, 1.54) is 7.11 Å². The van der Waals surface area contributed by atoms with Crippen molar-refractivity contribution in [1.29, 1.82) is 0 Å². The smallest absolute Gasteiger partial charge is 0.321 e. The molecular formula is C9H9BrN4OS. The molecule has 0 radical (unpaired) electrons. The molecule has 2 aromatic heterocycles. The van der Waals surface area contributed by atoms with Gasteiger partial charge < -0.3 is 10.1 Å². The van der Waals surface area contributed by atoms with Crippen molar-refractivity contribution in [2.24, 2.45) is 0 Å². The number of anilines is 1. The second kappa shape index (κ2) is 4.75. The lowest BCUT2D eigenvalue weighted by Crippen LogP contribution is -2.02. The van der Waals surface area contributed by atoms with Crippen molar-refractivity contribution in [1.82, 2.24) is 15.0 Å². The molecule has 16 heavy (non-hydrogen) atoms. The summed E-state index contributed by atoms with van der Waals surface area (Å²) in [5.74, 6) is 1.08. The Balaban J connectivity index is 2.52. The molecule has 84 valence electrons. The van der Waals surface area contributed by atoms with Crippen LogP contribution in [-0.2, 0) is 0 Å². The Morgan fingerprint density at radius 3 is 2.75 bits per heavy atom. The van der Waals surface area contributed by atoms with Crippen LogP contribution in [0.2, 0.25) is 0 Å². The van der Waals surface area contributed by atoms with E-state index in [1.54, 1.807) is 18.4 Å². The van der Waals surface area contributed by atoms with Gasteiger partial charge in [-0.3, -0.25) is 0 Å². The Morgan fingerprint density at radius 1 is 1.38 bits per heavy atom. The Morgan fingerprint density at radius 2 is 2.19 bits per heavy atom. The highest BCUT2D eigenvalue weighted by atomic mass is 79.9. The molecule has 5 nitrogen and oxygen atoms in total. The zero-order chi connectivity index (χ0) is 11.5. The first-order valence-corrected chi connectivity index (χ1v) is 6.13. The summed E-state index contributed by atoms with van der Waals surface area (Å²) in [4.78, 5) is 13.5. The van der Waals surface area contributed by atoms with Crippen molar-refractivity contribution in [2.75, 3.05) is 19.5 Å². The van der Waals surface area contributed by atoms with Gasteiger partial charge in [-0.15, -0.1) is 11.3 Å². The van der Waals surface area contributed by atoms with Crippen molar-refractivity contribution in [3.05, 3.63) is 15.9 Å². The minimum absolute atomic E-state index is 0.301. The maximum atomic E-state index is 5.02. The molecule has 0 saturated heterocycles. The average Bonchev–Trinajstić information content (AvgIpc) is 2.74. The summed E-state index contributed by atoms with van der Waals surface area (Å²) >= 11 is 5.00. The number of thiophene rings is 1. The van der Waals surface area contributed by atoms with Gasteiger partial charge in [0.15, 0.2) is 5.82 Å². The third-order valence-electron chi connectivity index (χ3n) is 1.84. The van der Waals surface area contributed by atoms with E-state index in [2.05, 4.69) is 36.2 Å². The summed E-state index contributed by atoms with van der Waals surface area (Å²) in [7, 11) is 3.28. The number of rotatable bonds is 3. The molecule has 7 heteroatoms. The van der Waals surface area contributed by atoms with E-state index in [4.69, 9.17) is 4.74 Å². The maximum Gasteiger partial charge on any atom is 0.321 e. The van der Waals surface area contributed by atoms with Crippen LogP contribution in [0.15, 0.2) is 15.9 Å². The van der Waals surface area contributed by atoms with Crippen LogP contribution in [0.25, 0.3) is 10.7 Å². The van der Waals surface area contributed by atoms with E-state index in [1.807, 2.05) is 11.4 Å². The zero-order valence-electron chi connectivity index (χ0n) is 8.69. The van der Waals surface area contributed by atoms with Crippen LogP contribution in [0.1, 0.15) is 0 Å². The van der Waals surface area contributed by atoms with Crippen LogP contribution in [0.4, 0.5) is 5.95 Å². The number of halogens is 1. The molecule has 0 unspecified atom stereocenters. The SMILES string of the molecule is CNc1nc(OC)nc(-c2sccc2Br)n1. The second-order valence-corrected chi connectivity index (χ2v) is 4.59. The van der Waals surface area contributed by atoms with Gasteiger partial charge in [-0.25, -0.2) is 0 Å². The molecule has 2 heterocycles. The lowest BCUT2D eigenvalue weighted by Gasteiger charge is -2.04. The topological polar surface area (TPSA) is 59.9 Å². The Bertz CT molecular complexity index is 480. The largest absolute Gasteiger partial charge is 0.467 e. The molecule has 2 rings (SSSR count). The van der Waals surface area contributed by atoms with Gasteiger partial charge in [0.05, 0.1) is 12.0 Å². The monoisotopic (exact) mass is 300 g/mol. The Labute approximate surface area is 105 Å². The van der Waals surface area contributed by atoms with Crippen LogP contribution in [0.3, 0.4) is 0 Å². The highest BCUT2D eigenvalue weighted by Gasteiger charge is 2.11. The number of methoxy groups -OCH3 is 1. The molecule has 0 bridgehead atoms. The van der Waals surface area contributed by atoms with E-state index < -0.39 is 0 Å². The number of hydrogen-bond acceptors (Lipinski definition) is 6. The summed E-state index contributed by atoms with van der Waals surface area (Å²) in [5, 5.41) is 4.84. The molecule has 0 fully saturated rings. The van der Waals surface area contributed by atoms with Gasteiger partial charge in [0.1, 0.15) is 0 Å². The Hall–Kier alpha value is -1.21. The van der Waals surface area contributed by atoms with E-state index in [-0.39, 0.29) is 0 Å². The minimum Gasteiger partial charge on any atom is -0.467 e. The van der Waals surface area contributed by atoms with Crippen LogP contribution in [0.5, 0.6) is 6.01 Å². The maximum absolute atomic E-state index is 5.02. The van der Waals surface area contributed by atoms with Crippen molar-refractivity contribution in [3.63, 3.8) is 0 Å². The number of hydrogen-bond donors (Lipinski definition) is 1. The van der Waals surface area contributed by atoms with Gasteiger partial charge in [-0.05, 0) is 27.4 Å². The van der Waals surface area contributed by atoms with E-state index in [0.29, 0.717) is 17.8 Å². The fourth-order valence-electron chi connectivity index (χ4n) is 1.11. The fraction of sp³-hybridized carbons (Fsp3) is 0.222. The van der Waals surface area contributed by atoms with Gasteiger partial charge in [-0.1, -0.05) is 0 Å². The summed E-state index contributed by atoms with van der Waals surface area (Å²) in [6.07, 6.45) is 0. The number of nitrogens with one attached hydrogen (secondary N) is 1. The van der Waals surface area contributed by atoms with Crippen molar-refractivity contribution >= 4 is 33.2 Å². The first kappa shape index (κ1) is 11.3. The summed E-state index contributed by atoms with van der Waals surface area (Å²) in [6, 6.07) is 2.25. The lowest BCUT2D eigenvalue weighted by molar-refractivity contribution is 0.379. The van der Waals surface area contributed by atoms with E-state index in [0.717, 1.165) is 9.35 Å². The highest BCUT2D eigenvalue weighted by Crippen LogP contribution is 2.32. The molecule has 0 spiro atoms. The van der Waals surface area contributed by atoms with Crippen LogP contribution >= 0.6 is 27.3 Å². The first-order chi connectivity index (χ1) is 7.74. The van der Waals surface area contributed by atoms with Gasteiger partial charge in [-0.2, -0.15) is 15.0 Å². The second-order valence-electron chi connectivity index (χ2n) is 2.82. The standard InChI is InChI=1S/C9H9BrN4OS/c1-11-8-12-7(13-9(14-8)15-2)6-5(10)3-4-16-6/h3-4H,1-2H3,(H,11,12,13,14). The number of aromatic nitrogens is 3. The van der Waals surface area contributed by atoms with Crippen LogP contribution in [-0.4, -0.2) is 29.1 Å². The molecule has 0 aliphatic carbocycles. The fourth-order valence-corrected chi connectivity index (χ4v) is 2.60. The molecular weight excluding hydrogens is 292 g/mol. The lowest BCUT2D eigenvalue weighted by atomic mass is 10.4. The van der Waals surface area contributed by atoms with Crippen LogP contribution in [0, 0.1) is 0 Å². The molecule has 0 aliphatic rings. The minimum atomic E-state index is 0.301. The molecule has 2 aromatic rings. The summed E-state index contributed by atoms with van der Waals surface area (Å²) < 4.78 is 5.99. The average molecular weight is 301 g/mol. The zero-order valence-corrected chi connectivity index (χ0v) is 11.1. The molecule has 0 saturated carbocycles.